The Kier molecular flexibility index (Phi) is 7.42. The van der Waals surface area contributed by atoms with Crippen LogP contribution in [0.4, 0.5) is 0 Å². The van der Waals surface area contributed by atoms with Crippen LogP contribution >= 0.6 is 0 Å². The number of aryl methyl sites for hydroxylation is 2. The molecular formula is C29H40N4O. The lowest BCUT2D eigenvalue weighted by atomic mass is 9.87. The maximum atomic E-state index is 12.2. The summed E-state index contributed by atoms with van der Waals surface area (Å²) in [5.41, 5.74) is 8.55. The summed E-state index contributed by atoms with van der Waals surface area (Å²) >= 11 is 0. The Morgan fingerprint density at radius 2 is 1.76 bits per heavy atom. The smallest absolute Gasteiger partial charge is 0.234 e. The third kappa shape index (κ3) is 5.52. The van der Waals surface area contributed by atoms with Gasteiger partial charge >= 0.3 is 0 Å². The van der Waals surface area contributed by atoms with E-state index in [1.807, 2.05) is 0 Å². The third-order valence-corrected chi connectivity index (χ3v) is 6.94. The molecule has 2 N–H and O–H groups in total. The van der Waals surface area contributed by atoms with Gasteiger partial charge in [0.05, 0.1) is 12.2 Å². The number of hydrogen-bond donors (Lipinski definition) is 2. The van der Waals surface area contributed by atoms with Crippen LogP contribution in [-0.4, -0.2) is 47.0 Å². The van der Waals surface area contributed by atoms with Gasteiger partial charge in [-0.1, -0.05) is 33.8 Å². The Hall–Kier alpha value is -2.66. The lowest BCUT2D eigenvalue weighted by Gasteiger charge is -2.31. The molecule has 4 rings (SSSR count). The number of rotatable bonds is 7. The topological polar surface area (TPSA) is 61.0 Å². The van der Waals surface area contributed by atoms with Crippen molar-refractivity contribution in [2.75, 3.05) is 26.2 Å². The summed E-state index contributed by atoms with van der Waals surface area (Å²) in [6, 6.07) is 11.3. The van der Waals surface area contributed by atoms with E-state index in [9.17, 15) is 4.79 Å². The van der Waals surface area contributed by atoms with Crippen LogP contribution < -0.4 is 5.32 Å². The highest BCUT2D eigenvalue weighted by Gasteiger charge is 2.24. The third-order valence-electron chi connectivity index (χ3n) is 6.94. The normalized spacial score (nSPS) is 15.5. The van der Waals surface area contributed by atoms with Crippen molar-refractivity contribution in [1.29, 1.82) is 0 Å². The molecule has 182 valence electrons. The Bertz CT molecular complexity index is 1130. The van der Waals surface area contributed by atoms with Crippen molar-refractivity contribution in [3.05, 3.63) is 52.8 Å². The van der Waals surface area contributed by atoms with Gasteiger partial charge in [0.15, 0.2) is 0 Å². The van der Waals surface area contributed by atoms with E-state index < -0.39 is 0 Å². The number of H-pyrrole nitrogens is 1. The van der Waals surface area contributed by atoms with Gasteiger partial charge in [0.2, 0.25) is 5.91 Å². The van der Waals surface area contributed by atoms with Gasteiger partial charge in [-0.05, 0) is 92.9 Å². The highest BCUT2D eigenvalue weighted by Crippen LogP contribution is 2.38. The zero-order valence-corrected chi connectivity index (χ0v) is 21.7. The number of piperidine rings is 1. The highest BCUT2D eigenvalue weighted by atomic mass is 16.2. The predicted octanol–water partition coefficient (Wildman–Crippen LogP) is 5.92. The van der Waals surface area contributed by atoms with Crippen molar-refractivity contribution in [1.82, 2.24) is 20.2 Å². The Morgan fingerprint density at radius 1 is 1.09 bits per heavy atom. The summed E-state index contributed by atoms with van der Waals surface area (Å²) in [6.07, 6.45) is 2.19. The van der Waals surface area contributed by atoms with Crippen LogP contribution in [0.1, 0.15) is 74.9 Å². The van der Waals surface area contributed by atoms with Crippen LogP contribution in [0, 0.1) is 19.8 Å². The number of aromatic amines is 1. The molecule has 3 heterocycles. The average molecular weight is 461 g/mol. The molecule has 0 spiro atoms. The summed E-state index contributed by atoms with van der Waals surface area (Å²) in [5, 5.41) is 4.38. The molecule has 5 heteroatoms. The van der Waals surface area contributed by atoms with E-state index in [0.29, 0.717) is 24.3 Å². The predicted molar refractivity (Wildman–Crippen MR) is 141 cm³/mol. The first kappa shape index (κ1) is 24.5. The number of likely N-dealkylation sites (tertiary alicyclic amines) is 1. The highest BCUT2D eigenvalue weighted by molar-refractivity contribution is 5.92. The van der Waals surface area contributed by atoms with E-state index in [0.717, 1.165) is 43.9 Å². The molecule has 0 bridgehead atoms. The molecule has 1 aliphatic rings. The van der Waals surface area contributed by atoms with Crippen LogP contribution in [-0.2, 0) is 4.79 Å². The number of pyridine rings is 1. The van der Waals surface area contributed by atoms with Gasteiger partial charge in [-0.15, -0.1) is 0 Å². The largest absolute Gasteiger partial charge is 0.355 e. The first-order valence-corrected chi connectivity index (χ1v) is 12.8. The van der Waals surface area contributed by atoms with E-state index in [1.165, 1.54) is 33.3 Å². The van der Waals surface area contributed by atoms with Gasteiger partial charge in [0, 0.05) is 34.4 Å². The Balaban J connectivity index is 1.53. The van der Waals surface area contributed by atoms with E-state index in [-0.39, 0.29) is 5.91 Å². The van der Waals surface area contributed by atoms with Crippen LogP contribution in [0.3, 0.4) is 0 Å². The molecule has 0 atom stereocenters. The molecule has 3 aromatic rings. The molecule has 0 unspecified atom stereocenters. The molecule has 0 saturated carbocycles. The molecule has 1 aliphatic heterocycles. The van der Waals surface area contributed by atoms with Crippen molar-refractivity contribution < 1.29 is 4.79 Å². The fraction of sp³-hybridized carbons (Fsp3) is 0.517. The maximum Gasteiger partial charge on any atom is 0.234 e. The van der Waals surface area contributed by atoms with Gasteiger partial charge in [-0.25, -0.2) is 0 Å². The number of nitrogens with zero attached hydrogens (tertiary/aromatic N) is 2. The second-order valence-corrected chi connectivity index (χ2v) is 10.8. The SMILES string of the molecule is Cc1cc(-c2[nH]c3ccc(C4CCN(CC(=O)NCC(C)C)CC4)cc3c2C(C)C)cc(C)n1. The molecule has 34 heavy (non-hydrogen) atoms. The van der Waals surface area contributed by atoms with Crippen LogP contribution in [0.5, 0.6) is 0 Å². The van der Waals surface area contributed by atoms with Crippen LogP contribution in [0.2, 0.25) is 0 Å². The molecule has 5 nitrogen and oxygen atoms in total. The number of nitrogens with one attached hydrogen (secondary N) is 2. The zero-order valence-electron chi connectivity index (χ0n) is 21.7. The fourth-order valence-corrected chi connectivity index (χ4v) is 5.29. The number of fused-ring (bicyclic) bond motifs is 1. The fourth-order valence-electron chi connectivity index (χ4n) is 5.29. The van der Waals surface area contributed by atoms with Crippen LogP contribution in [0.25, 0.3) is 22.2 Å². The van der Waals surface area contributed by atoms with Crippen molar-refractivity contribution in [2.45, 2.75) is 66.2 Å². The van der Waals surface area contributed by atoms with Crippen molar-refractivity contribution >= 4 is 16.8 Å². The zero-order chi connectivity index (χ0) is 24.4. The summed E-state index contributed by atoms with van der Waals surface area (Å²) in [7, 11) is 0. The summed E-state index contributed by atoms with van der Waals surface area (Å²) in [6.45, 7) is 16.2. The summed E-state index contributed by atoms with van der Waals surface area (Å²) in [5.74, 6) is 1.60. The van der Waals surface area contributed by atoms with Crippen molar-refractivity contribution in [3.8, 4) is 11.3 Å². The number of aromatic nitrogens is 2. The van der Waals surface area contributed by atoms with E-state index in [2.05, 4.69) is 92.1 Å². The van der Waals surface area contributed by atoms with Gasteiger partial charge in [-0.3, -0.25) is 14.7 Å². The van der Waals surface area contributed by atoms with Gasteiger partial charge in [-0.2, -0.15) is 0 Å². The molecule has 1 fully saturated rings. The monoisotopic (exact) mass is 460 g/mol. The number of amides is 1. The molecule has 1 amide bonds. The van der Waals surface area contributed by atoms with Crippen LogP contribution in [0.15, 0.2) is 30.3 Å². The Morgan fingerprint density at radius 3 is 2.38 bits per heavy atom. The molecule has 1 aromatic carbocycles. The minimum Gasteiger partial charge on any atom is -0.355 e. The van der Waals surface area contributed by atoms with E-state index in [4.69, 9.17) is 0 Å². The minimum atomic E-state index is 0.150. The number of carbonyl (C=O) groups excluding carboxylic acids is 1. The molecule has 1 saturated heterocycles. The van der Waals surface area contributed by atoms with E-state index in [1.54, 1.807) is 0 Å². The lowest BCUT2D eigenvalue weighted by Crippen LogP contribution is -2.42. The van der Waals surface area contributed by atoms with Gasteiger partial charge in [0.1, 0.15) is 0 Å². The quantitative estimate of drug-likeness (QED) is 0.460. The van der Waals surface area contributed by atoms with Crippen molar-refractivity contribution in [3.63, 3.8) is 0 Å². The Labute approximate surface area is 204 Å². The first-order chi connectivity index (χ1) is 16.2. The first-order valence-electron chi connectivity index (χ1n) is 12.8. The number of benzene rings is 1. The standard InChI is InChI=1S/C29H40N4O/c1-18(2)16-30-27(34)17-33-11-9-22(10-12-33)23-7-8-26-25(15-23)28(19(3)4)29(32-26)24-13-20(5)31-21(6)14-24/h7-8,13-15,18-19,22,32H,9-12,16-17H2,1-6H3,(H,30,34). The minimum absolute atomic E-state index is 0.150. The molecule has 0 aliphatic carbocycles. The van der Waals surface area contributed by atoms with Gasteiger partial charge in [0.25, 0.3) is 0 Å². The molecular weight excluding hydrogens is 420 g/mol. The second-order valence-electron chi connectivity index (χ2n) is 10.8. The average Bonchev–Trinajstić information content (AvgIpc) is 3.17. The summed E-state index contributed by atoms with van der Waals surface area (Å²) < 4.78 is 0. The number of carbonyl (C=O) groups is 1. The number of hydrogen-bond acceptors (Lipinski definition) is 3. The molecule has 0 radical (unpaired) electrons. The molecule has 2 aromatic heterocycles. The van der Waals surface area contributed by atoms with Gasteiger partial charge < -0.3 is 10.3 Å². The second kappa shape index (κ2) is 10.3. The van der Waals surface area contributed by atoms with Crippen molar-refractivity contribution in [2.24, 2.45) is 5.92 Å². The maximum absolute atomic E-state index is 12.2. The summed E-state index contributed by atoms with van der Waals surface area (Å²) in [4.78, 5) is 22.8. The van der Waals surface area contributed by atoms with E-state index >= 15 is 0 Å². The lowest BCUT2D eigenvalue weighted by molar-refractivity contribution is -0.122.